The summed E-state index contributed by atoms with van der Waals surface area (Å²) in [6.07, 6.45) is 23.4. The van der Waals surface area contributed by atoms with Gasteiger partial charge in [0.2, 0.25) is 35.3 Å². The molecule has 520 valence electrons. The highest BCUT2D eigenvalue weighted by atomic mass is 19.1. The highest BCUT2D eigenvalue weighted by Crippen LogP contribution is 2.47. The van der Waals surface area contributed by atoms with E-state index < -0.39 is 23.1 Å². The standard InChI is InChI=1S/C11H18O3.C9H16FNO.C9H15NO.C8H13NO.C7H10FNO.C7H11NO.C7H10O.C6H8FNO.2C4H10/c1-8(12)11(5-6-11)9(13)14-7-10(2,3)4;1-6(7(2)10)8(12)11-9(3,4)5;1-9(2,3)10-7-5-4-6-8(10)11;1-8(2,3)9-6-4-5-7(9)10;8-6-4-2-1-3-5(6)7(9)10;1-5-6(9)8-7(2,3)4;1-5-6(8)7(2,3)4;7-5-3-1-2-4(5)6(8)9;2*1-4(2)3/h5-7H2,1-4H3;1-5H3,(H,11,12);4,6H,5,7H2,1-3H3;4-5H,6H2,1-3H3;1-4H2,(H2,9,10);1H,2-4H3,(H,8,9);1H,2-4H3;1-3H2,(H2,8,9);2*4H,1-3H3/b;7-6-;;;;;;;;. The Morgan fingerprint density at radius 3 is 1.21 bits per heavy atom. The maximum atomic E-state index is 12.7. The van der Waals surface area contributed by atoms with Gasteiger partial charge in [-0.3, -0.25) is 43.2 Å². The summed E-state index contributed by atoms with van der Waals surface area (Å²) in [5, 5.41) is 5.26. The number of allylic oxidation sites excluding steroid dienone is 3. The molecule has 0 aromatic carbocycles. The lowest BCUT2D eigenvalue weighted by molar-refractivity contribution is -0.156. The fourth-order valence-electron chi connectivity index (χ4n) is 6.82. The number of nitrogens with two attached hydrogens (primary N) is 2. The predicted octanol–water partition coefficient (Wildman–Crippen LogP) is 14.1. The van der Waals surface area contributed by atoms with Crippen LogP contribution in [-0.2, 0) is 47.9 Å². The third-order valence-corrected chi connectivity index (χ3v) is 11.9. The molecule has 0 saturated heterocycles. The van der Waals surface area contributed by atoms with E-state index in [-0.39, 0.29) is 103 Å². The van der Waals surface area contributed by atoms with Crippen LogP contribution in [0.25, 0.3) is 0 Å². The molecule has 1 fully saturated rings. The Bertz CT molecular complexity index is 2600. The summed E-state index contributed by atoms with van der Waals surface area (Å²) in [7, 11) is 0. The maximum absolute atomic E-state index is 12.7. The first kappa shape index (κ1) is 93.0. The second-order valence-corrected chi connectivity index (χ2v) is 30.1. The molecule has 1 saturated carbocycles. The van der Waals surface area contributed by atoms with Crippen molar-refractivity contribution in [2.45, 2.75) is 273 Å². The molecule has 0 spiro atoms. The molecule has 0 atom stereocenters. The number of rotatable bonds is 6. The van der Waals surface area contributed by atoms with Gasteiger partial charge in [0, 0.05) is 63.5 Å². The second kappa shape index (κ2) is 43.1. The van der Waals surface area contributed by atoms with Crippen molar-refractivity contribution in [1.82, 2.24) is 20.4 Å². The number of amides is 6. The summed E-state index contributed by atoms with van der Waals surface area (Å²) < 4.78 is 42.8. The third-order valence-electron chi connectivity index (χ3n) is 11.9. The highest BCUT2D eigenvalue weighted by molar-refractivity contribution is 6.05. The molecule has 0 aromatic heterocycles. The molecule has 6 N–H and O–H groups in total. The molecular weight excluding hydrogens is 1170 g/mol. The number of ether oxygens (including phenoxy) is 1. The van der Waals surface area contributed by atoms with Crippen LogP contribution in [0.15, 0.2) is 58.5 Å². The minimum atomic E-state index is -0.773. The lowest BCUT2D eigenvalue weighted by atomic mass is 9.92. The number of carbonyl (C=O) groups excluding carboxylic acids is 9. The Balaban J connectivity index is -0.000000306. The quantitative estimate of drug-likeness (QED) is 0.0644. The lowest BCUT2D eigenvalue weighted by Gasteiger charge is -2.36. The van der Waals surface area contributed by atoms with E-state index in [1.165, 1.54) is 20.8 Å². The van der Waals surface area contributed by atoms with Crippen LogP contribution in [0, 0.1) is 52.8 Å². The zero-order valence-electron chi connectivity index (χ0n) is 61.1. The maximum Gasteiger partial charge on any atom is 0.319 e. The normalized spacial score (nSPS) is 15.8. The van der Waals surface area contributed by atoms with Crippen LogP contribution >= 0.6 is 0 Å². The molecular formula is C72H121F3N6O10. The molecule has 3 aliphatic carbocycles. The topological polar surface area (TPSA) is 245 Å². The number of esters is 1. The Hall–Kier alpha value is -6.76. The molecule has 0 bridgehead atoms. The average molecular weight is 1290 g/mol. The van der Waals surface area contributed by atoms with Crippen molar-refractivity contribution in [2.24, 2.45) is 39.5 Å². The first-order chi connectivity index (χ1) is 40.9. The zero-order valence-corrected chi connectivity index (χ0v) is 61.1. The van der Waals surface area contributed by atoms with Crippen LogP contribution in [0.4, 0.5) is 13.2 Å². The van der Waals surface area contributed by atoms with Gasteiger partial charge in [0.1, 0.15) is 28.7 Å². The summed E-state index contributed by atoms with van der Waals surface area (Å²) >= 11 is 0. The summed E-state index contributed by atoms with van der Waals surface area (Å²) in [6, 6.07) is 0. The number of terminal acetylenes is 2. The Morgan fingerprint density at radius 2 is 1.00 bits per heavy atom. The Kier molecular flexibility index (Phi) is 44.1. The molecule has 2 heterocycles. The van der Waals surface area contributed by atoms with Crippen molar-refractivity contribution in [3.05, 3.63) is 58.5 Å². The minimum absolute atomic E-state index is 0.0259. The van der Waals surface area contributed by atoms with E-state index >= 15 is 0 Å². The molecule has 6 amide bonds. The molecule has 0 unspecified atom stereocenters. The molecule has 5 aliphatic rings. The fourth-order valence-corrected chi connectivity index (χ4v) is 6.82. The van der Waals surface area contributed by atoms with Gasteiger partial charge in [0.15, 0.2) is 0 Å². The largest absolute Gasteiger partial charge is 0.464 e. The van der Waals surface area contributed by atoms with Gasteiger partial charge in [0.05, 0.1) is 6.61 Å². The van der Waals surface area contributed by atoms with Gasteiger partial charge in [-0.05, 0) is 203 Å². The minimum Gasteiger partial charge on any atom is -0.464 e. The number of primary amides is 2. The van der Waals surface area contributed by atoms with E-state index in [2.05, 4.69) is 78.9 Å². The van der Waals surface area contributed by atoms with Gasteiger partial charge >= 0.3 is 5.97 Å². The first-order valence-electron chi connectivity index (χ1n) is 31.3. The first-order valence-corrected chi connectivity index (χ1v) is 31.3. The zero-order chi connectivity index (χ0) is 73.0. The second-order valence-electron chi connectivity index (χ2n) is 30.1. The monoisotopic (exact) mass is 1290 g/mol. The molecule has 16 nitrogen and oxygen atoms in total. The van der Waals surface area contributed by atoms with Crippen molar-refractivity contribution in [3.63, 3.8) is 0 Å². The van der Waals surface area contributed by atoms with Crippen molar-refractivity contribution < 1.29 is 61.1 Å². The van der Waals surface area contributed by atoms with Crippen molar-refractivity contribution in [1.29, 1.82) is 0 Å². The highest BCUT2D eigenvalue weighted by Gasteiger charge is 2.55. The number of hydrogen-bond donors (Lipinski definition) is 4. The van der Waals surface area contributed by atoms with Crippen molar-refractivity contribution in [3.8, 4) is 24.7 Å². The van der Waals surface area contributed by atoms with Crippen molar-refractivity contribution >= 4 is 53.0 Å². The van der Waals surface area contributed by atoms with Gasteiger partial charge in [-0.15, -0.1) is 12.8 Å². The molecule has 19 heteroatoms. The Labute approximate surface area is 548 Å². The average Bonchev–Trinajstić information content (AvgIpc) is 1.64. The third kappa shape index (κ3) is 48.7. The fraction of sp³-hybridized carbons (Fsp3) is 0.681. The van der Waals surface area contributed by atoms with E-state index in [4.69, 9.17) is 29.1 Å². The number of ketones is 2. The van der Waals surface area contributed by atoms with Gasteiger partial charge in [-0.2, -0.15) is 0 Å². The predicted molar refractivity (Wildman–Crippen MR) is 364 cm³/mol. The smallest absolute Gasteiger partial charge is 0.319 e. The van der Waals surface area contributed by atoms with E-state index in [0.717, 1.165) is 50.6 Å². The van der Waals surface area contributed by atoms with Crippen molar-refractivity contribution in [2.75, 3.05) is 19.7 Å². The van der Waals surface area contributed by atoms with Gasteiger partial charge in [-0.25, -0.2) is 13.2 Å². The number of nitrogens with zero attached hydrogens (tertiary/aromatic N) is 2. The Morgan fingerprint density at radius 1 is 0.615 bits per heavy atom. The van der Waals surface area contributed by atoms with Crippen LogP contribution in [0.5, 0.6) is 0 Å². The summed E-state index contributed by atoms with van der Waals surface area (Å²) in [4.78, 5) is 102. The van der Waals surface area contributed by atoms with E-state index in [9.17, 15) is 56.3 Å². The molecule has 91 heavy (non-hydrogen) atoms. The number of nitrogens with one attached hydrogen (secondary N) is 2. The number of carbonyl (C=O) groups is 9. The molecule has 2 aliphatic heterocycles. The molecule has 0 radical (unpaired) electrons. The van der Waals surface area contributed by atoms with E-state index in [1.54, 1.807) is 32.9 Å². The summed E-state index contributed by atoms with van der Waals surface area (Å²) in [5.74, 6) is 2.48. The molecule has 5 rings (SSSR count). The van der Waals surface area contributed by atoms with Gasteiger partial charge < -0.3 is 36.6 Å². The SMILES string of the molecule is C#CC(=O)C(C)(C)C.C#CC(=O)NC(C)(C)C.C/C(F)=C(\C)C(=O)NC(C)(C)C.CC(=O)C1(C(=O)OCC(C)(C)C)CC1.CC(C)(C)N1CC=CC1=O.CC(C)(C)N1CCC=CC1=O.CC(C)C.CC(C)C.NC(=O)C1=C(F)CCC1.NC(=O)C1=C(F)CCCC1. The van der Waals surface area contributed by atoms with Crippen LogP contribution < -0.4 is 22.1 Å². The summed E-state index contributed by atoms with van der Waals surface area (Å²) in [6.45, 7) is 54.1. The van der Waals surface area contributed by atoms with E-state index in [0.29, 0.717) is 45.1 Å². The van der Waals surface area contributed by atoms with Gasteiger partial charge in [0.25, 0.3) is 5.91 Å². The number of Topliss-reactive ketones (excluding diaryl/α,β-unsaturated/α-hetero) is 2. The van der Waals surface area contributed by atoms with Crippen LogP contribution in [0.2, 0.25) is 0 Å². The van der Waals surface area contributed by atoms with Gasteiger partial charge in [-0.1, -0.05) is 95.2 Å². The lowest BCUT2D eigenvalue weighted by Crippen LogP contribution is -2.46. The van der Waals surface area contributed by atoms with Crippen LogP contribution in [0.3, 0.4) is 0 Å². The number of halogens is 3. The van der Waals surface area contributed by atoms with Crippen LogP contribution in [-0.4, -0.2) is 105 Å². The summed E-state index contributed by atoms with van der Waals surface area (Å²) in [5.41, 5.74) is 8.54. The molecule has 0 aromatic rings. The number of hydrogen-bond acceptors (Lipinski definition) is 10. The van der Waals surface area contributed by atoms with E-state index in [1.807, 2.05) is 111 Å². The van der Waals surface area contributed by atoms with Crippen LogP contribution in [0.1, 0.15) is 251 Å².